The molecule has 0 saturated carbocycles. The number of rotatable bonds is 7. The summed E-state index contributed by atoms with van der Waals surface area (Å²) in [7, 11) is -4.05. The van der Waals surface area contributed by atoms with Crippen LogP contribution in [0.1, 0.15) is 13.8 Å². The third kappa shape index (κ3) is 4.87. The van der Waals surface area contributed by atoms with Crippen molar-refractivity contribution >= 4 is 33.3 Å². The third-order valence-electron chi connectivity index (χ3n) is 3.18. The molecule has 0 heterocycles. The van der Waals surface area contributed by atoms with Crippen LogP contribution in [0.2, 0.25) is 5.02 Å². The van der Waals surface area contributed by atoms with Gasteiger partial charge in [0.2, 0.25) is 0 Å². The van der Waals surface area contributed by atoms with Crippen LogP contribution in [0.5, 0.6) is 5.75 Å². The van der Waals surface area contributed by atoms with Gasteiger partial charge in [0.15, 0.2) is 0 Å². The molecule has 0 bridgehead atoms. The third-order valence-corrected chi connectivity index (χ3v) is 5.22. The summed E-state index contributed by atoms with van der Waals surface area (Å²) in [6.45, 7) is 3.04. The smallest absolute Gasteiger partial charge is 0.324 e. The molecule has 0 aromatic heterocycles. The normalized spacial score (nSPS) is 11.4. The Kier molecular flexibility index (Phi) is 5.92. The highest BCUT2D eigenvalue weighted by atomic mass is 35.5. The lowest BCUT2D eigenvalue weighted by molar-refractivity contribution is -0.135. The first-order chi connectivity index (χ1) is 11.7. The van der Waals surface area contributed by atoms with E-state index in [2.05, 4.69) is 0 Å². The van der Waals surface area contributed by atoms with Gasteiger partial charge >= 0.3 is 5.97 Å². The molecule has 8 heteroatoms. The minimum Gasteiger partial charge on any atom is -0.491 e. The molecule has 0 atom stereocenters. The fourth-order valence-corrected chi connectivity index (χ4v) is 3.67. The number of sulfonamides is 1. The topological polar surface area (TPSA) is 83.9 Å². The van der Waals surface area contributed by atoms with Crippen LogP contribution in [0.4, 0.5) is 5.69 Å². The van der Waals surface area contributed by atoms with Gasteiger partial charge in [-0.25, -0.2) is 8.42 Å². The monoisotopic (exact) mass is 383 g/mol. The zero-order valence-corrected chi connectivity index (χ0v) is 15.3. The van der Waals surface area contributed by atoms with Crippen molar-refractivity contribution in [2.24, 2.45) is 0 Å². The standard InChI is InChI=1S/C17H18ClNO5S/c1-12(2)24-15-7-5-14(6-8-15)19(11-17(20)21)25(22,23)16-9-3-13(18)4-10-16/h3-10,12H,11H2,1-2H3,(H,20,21). The largest absolute Gasteiger partial charge is 0.491 e. The quantitative estimate of drug-likeness (QED) is 0.792. The predicted octanol–water partition coefficient (Wildman–Crippen LogP) is 3.41. The van der Waals surface area contributed by atoms with Crippen molar-refractivity contribution in [2.45, 2.75) is 24.8 Å². The van der Waals surface area contributed by atoms with E-state index in [4.69, 9.17) is 21.4 Å². The van der Waals surface area contributed by atoms with Crippen molar-refractivity contribution in [3.8, 4) is 5.75 Å². The molecule has 1 N–H and O–H groups in total. The fourth-order valence-electron chi connectivity index (χ4n) is 2.13. The number of nitrogens with zero attached hydrogens (tertiary/aromatic N) is 1. The van der Waals surface area contributed by atoms with Gasteiger partial charge < -0.3 is 9.84 Å². The van der Waals surface area contributed by atoms with E-state index < -0.39 is 22.5 Å². The maximum atomic E-state index is 12.8. The second-order valence-corrected chi connectivity index (χ2v) is 7.82. The van der Waals surface area contributed by atoms with Crippen LogP contribution in [-0.4, -0.2) is 32.1 Å². The molecule has 6 nitrogen and oxygen atoms in total. The molecule has 134 valence electrons. The molecule has 0 aliphatic carbocycles. The molecule has 0 unspecified atom stereocenters. The van der Waals surface area contributed by atoms with Crippen molar-refractivity contribution in [1.82, 2.24) is 0 Å². The lowest BCUT2D eigenvalue weighted by atomic mass is 10.3. The second kappa shape index (κ2) is 7.76. The molecule has 0 aliphatic rings. The molecular weight excluding hydrogens is 366 g/mol. The van der Waals surface area contributed by atoms with Gasteiger partial charge in [0.25, 0.3) is 10.0 Å². The molecule has 2 aromatic carbocycles. The van der Waals surface area contributed by atoms with Crippen molar-refractivity contribution in [1.29, 1.82) is 0 Å². The molecule has 0 aliphatic heterocycles. The number of carboxylic acid groups (broad SMARTS) is 1. The summed E-state index contributed by atoms with van der Waals surface area (Å²) >= 11 is 5.79. The van der Waals surface area contributed by atoms with Crippen LogP contribution in [-0.2, 0) is 14.8 Å². The lowest BCUT2D eigenvalue weighted by Crippen LogP contribution is -2.35. The molecule has 0 saturated heterocycles. The average molecular weight is 384 g/mol. The van der Waals surface area contributed by atoms with Crippen molar-refractivity contribution in [3.05, 3.63) is 53.6 Å². The summed E-state index contributed by atoms with van der Waals surface area (Å²) in [6, 6.07) is 11.8. The minimum absolute atomic E-state index is 0.0289. The van der Waals surface area contributed by atoms with Gasteiger partial charge in [-0.2, -0.15) is 0 Å². The summed E-state index contributed by atoms with van der Waals surface area (Å²) in [5.74, 6) is -0.696. The van der Waals surface area contributed by atoms with Gasteiger partial charge in [-0.05, 0) is 62.4 Å². The van der Waals surface area contributed by atoms with Crippen LogP contribution in [0.3, 0.4) is 0 Å². The molecule has 2 aromatic rings. The highest BCUT2D eigenvalue weighted by molar-refractivity contribution is 7.92. The Morgan fingerprint density at radius 3 is 2.16 bits per heavy atom. The first kappa shape index (κ1) is 19.1. The highest BCUT2D eigenvalue weighted by Crippen LogP contribution is 2.26. The Labute approximate surface area is 151 Å². The maximum Gasteiger partial charge on any atom is 0.324 e. The Morgan fingerprint density at radius 2 is 1.68 bits per heavy atom. The SMILES string of the molecule is CC(C)Oc1ccc(N(CC(=O)O)S(=O)(=O)c2ccc(Cl)cc2)cc1. The van der Waals surface area contributed by atoms with Gasteiger partial charge in [-0.3, -0.25) is 9.10 Å². The van der Waals surface area contributed by atoms with Crippen LogP contribution in [0.15, 0.2) is 53.4 Å². The summed E-state index contributed by atoms with van der Waals surface area (Å²) in [6.07, 6.45) is -0.0289. The zero-order valence-electron chi connectivity index (χ0n) is 13.7. The van der Waals surface area contributed by atoms with E-state index in [1.165, 1.54) is 36.4 Å². The number of hydrogen-bond donors (Lipinski definition) is 1. The van der Waals surface area contributed by atoms with Crippen LogP contribution in [0, 0.1) is 0 Å². The lowest BCUT2D eigenvalue weighted by Gasteiger charge is -2.23. The van der Waals surface area contributed by atoms with Gasteiger partial charge in [-0.15, -0.1) is 0 Å². The average Bonchev–Trinajstić information content (AvgIpc) is 2.53. The van der Waals surface area contributed by atoms with E-state index in [9.17, 15) is 13.2 Å². The number of aliphatic carboxylic acids is 1. The summed E-state index contributed by atoms with van der Waals surface area (Å²) in [4.78, 5) is 11.1. The molecule has 25 heavy (non-hydrogen) atoms. The zero-order chi connectivity index (χ0) is 18.6. The summed E-state index contributed by atoms with van der Waals surface area (Å²) in [5, 5.41) is 9.51. The van der Waals surface area contributed by atoms with Crippen LogP contribution >= 0.6 is 11.6 Å². The van der Waals surface area contributed by atoms with Crippen molar-refractivity contribution in [2.75, 3.05) is 10.8 Å². The van der Waals surface area contributed by atoms with Gasteiger partial charge in [-0.1, -0.05) is 11.6 Å². The van der Waals surface area contributed by atoms with Crippen LogP contribution < -0.4 is 9.04 Å². The Bertz CT molecular complexity index is 832. The molecule has 0 spiro atoms. The first-order valence-electron chi connectivity index (χ1n) is 7.47. The molecule has 0 fully saturated rings. The number of benzene rings is 2. The summed E-state index contributed by atoms with van der Waals surface area (Å²) < 4.78 is 32.0. The Hall–Kier alpha value is -2.25. The fraction of sp³-hybridized carbons (Fsp3) is 0.235. The van der Waals surface area contributed by atoms with E-state index in [0.29, 0.717) is 10.8 Å². The summed E-state index contributed by atoms with van der Waals surface area (Å²) in [5.41, 5.74) is 0.230. The minimum atomic E-state index is -4.05. The maximum absolute atomic E-state index is 12.8. The van der Waals surface area contributed by atoms with Gasteiger partial charge in [0.05, 0.1) is 16.7 Å². The van der Waals surface area contributed by atoms with Crippen molar-refractivity contribution in [3.63, 3.8) is 0 Å². The number of halogens is 1. The number of carboxylic acids is 1. The van der Waals surface area contributed by atoms with Gasteiger partial charge in [0.1, 0.15) is 12.3 Å². The number of hydrogen-bond acceptors (Lipinski definition) is 4. The number of carbonyl (C=O) groups is 1. The highest BCUT2D eigenvalue weighted by Gasteiger charge is 2.27. The first-order valence-corrected chi connectivity index (χ1v) is 9.29. The van der Waals surface area contributed by atoms with E-state index in [-0.39, 0.29) is 16.7 Å². The van der Waals surface area contributed by atoms with E-state index in [0.717, 1.165) is 4.31 Å². The molecule has 0 radical (unpaired) electrons. The molecule has 0 amide bonds. The predicted molar refractivity (Wildman–Crippen MR) is 95.8 cm³/mol. The number of ether oxygens (including phenoxy) is 1. The Morgan fingerprint density at radius 1 is 1.12 bits per heavy atom. The van der Waals surface area contributed by atoms with Gasteiger partial charge in [0, 0.05) is 5.02 Å². The molecule has 2 rings (SSSR count). The second-order valence-electron chi connectivity index (χ2n) is 5.52. The van der Waals surface area contributed by atoms with E-state index >= 15 is 0 Å². The van der Waals surface area contributed by atoms with Crippen LogP contribution in [0.25, 0.3) is 0 Å². The van der Waals surface area contributed by atoms with E-state index in [1.54, 1.807) is 12.1 Å². The van der Waals surface area contributed by atoms with Crippen molar-refractivity contribution < 1.29 is 23.1 Å². The van der Waals surface area contributed by atoms with E-state index in [1.807, 2.05) is 13.8 Å². The number of anilines is 1. The molecular formula is C17H18ClNO5S. The Balaban J connectivity index is 2.41.